The Labute approximate surface area is 718 Å². The lowest BCUT2D eigenvalue weighted by atomic mass is 9.77. The van der Waals surface area contributed by atoms with Gasteiger partial charge in [-0.3, -0.25) is 21.0 Å². The molecule has 13 rings (SSSR count). The van der Waals surface area contributed by atoms with Gasteiger partial charge >= 0.3 is 62.2 Å². The van der Waals surface area contributed by atoms with Crippen LogP contribution in [0.25, 0.3) is 0 Å². The van der Waals surface area contributed by atoms with E-state index in [1.54, 1.807) is 112 Å². The molecule has 0 saturated heterocycles. The quantitative estimate of drug-likeness (QED) is 0.0186. The highest BCUT2D eigenvalue weighted by Crippen LogP contribution is 2.45. The van der Waals surface area contributed by atoms with Crippen molar-refractivity contribution in [3.8, 4) is 34.5 Å². The van der Waals surface area contributed by atoms with Crippen LogP contribution in [0.2, 0.25) is 0 Å². The molecule has 0 aliphatic heterocycles. The van der Waals surface area contributed by atoms with Crippen molar-refractivity contribution in [2.45, 2.75) is 121 Å². The molecular weight excluding hydrogens is 1750 g/mol. The number of carbonyl (C=O) groups excluding carboxylic acids is 4. The number of nitrogens with one attached hydrogen (secondary N) is 7. The predicted octanol–water partition coefficient (Wildman–Crippen LogP) is 21.9. The van der Waals surface area contributed by atoms with Crippen molar-refractivity contribution in [2.75, 3.05) is 22.6 Å². The van der Waals surface area contributed by atoms with Crippen LogP contribution < -0.4 is 60.3 Å². The topological polar surface area (TPSA) is 286 Å². The normalized spacial score (nSPS) is 12.6. The van der Waals surface area contributed by atoms with Crippen molar-refractivity contribution in [1.82, 2.24) is 41.3 Å². The van der Waals surface area contributed by atoms with Gasteiger partial charge in [0.2, 0.25) is 5.95 Å². The average Bonchev–Trinajstić information content (AvgIpc) is 0.808. The summed E-state index contributed by atoms with van der Waals surface area (Å²) in [5.74, 6) is -3.02. The summed E-state index contributed by atoms with van der Waals surface area (Å²) in [6, 6.07) is 51.7. The lowest BCUT2D eigenvalue weighted by Gasteiger charge is -2.37. The summed E-state index contributed by atoms with van der Waals surface area (Å²) in [6.45, 7) is 6.54. The van der Waals surface area contributed by atoms with Crippen LogP contribution in [0.3, 0.4) is 0 Å². The number of esters is 1. The van der Waals surface area contributed by atoms with E-state index in [9.17, 15) is 98.2 Å². The summed E-state index contributed by atoms with van der Waals surface area (Å²) in [5, 5.41) is 26.4. The number of aryl methyl sites for hydroxylation is 2. The van der Waals surface area contributed by atoms with Gasteiger partial charge in [0, 0.05) is 30.7 Å². The van der Waals surface area contributed by atoms with Crippen molar-refractivity contribution < 1.29 is 136 Å². The Morgan fingerprint density at radius 3 is 0.992 bits per heavy atom. The third-order valence-corrected chi connectivity index (χ3v) is 19.9. The molecule has 1 aliphatic carbocycles. The molecule has 6 amide bonds. The van der Waals surface area contributed by atoms with Crippen LogP contribution in [-0.2, 0) is 40.6 Å². The zero-order valence-electron chi connectivity index (χ0n) is 66.7. The molecule has 9 aromatic carbocycles. The first-order chi connectivity index (χ1) is 60.3. The molecule has 23 nitrogen and oxygen atoms in total. The summed E-state index contributed by atoms with van der Waals surface area (Å²) in [4.78, 5) is 61.3. The standard InChI is InChI=1S/C30H25F6N3O5S.C28H23F6N5O3.C28H23F6N3O4/c1-3-42-25(40)24-18(2)37-27(45-24)38-26(41)39-28(17-19-9-5-4-6-10-19,20-11-7-13-22(15-20)43-29(31,32)33)21-12-8-14-23(16-21)44-30(34,35)36;29-27(30,31)41-21-10-4-8-19(14-21)26(16-17-6-2-1-3-7-17,20-9-5-11-22(15-20)42-28(32,33)34)37-25(40)36-24-35-23(38-39-24)18-12-13-18;1-17-18(2)41-37-24(17)35-25(38)36-26(16-19-8-4-3-5-9-19,20-10-6-12-22(14-20)39-27(29,30)31)21-11-7-13-23(15-21)40-28(32,33)34/h4-16H,3,17H2,1-2H3,(H2,37,38,39,41);1-11,14-15,18H,12-13,16H2,(H3,35,36,37,38,39,40);3-15H,16H2,1-2H3,(H2,35,36,37,38). The molecule has 3 aromatic heterocycles. The molecule has 0 bridgehead atoms. The Kier molecular flexibility index (Phi) is 29.2. The Morgan fingerprint density at radius 2 is 0.711 bits per heavy atom. The first-order valence-electron chi connectivity index (χ1n) is 37.9. The second kappa shape index (κ2) is 39.5. The van der Waals surface area contributed by atoms with E-state index in [1.165, 1.54) is 79.7 Å². The highest BCUT2D eigenvalue weighted by atomic mass is 32.1. The highest BCUT2D eigenvalue weighted by molar-refractivity contribution is 7.17. The molecule has 7 N–H and O–H groups in total. The van der Waals surface area contributed by atoms with E-state index in [0.29, 0.717) is 33.8 Å². The third-order valence-electron chi connectivity index (χ3n) is 18.8. The van der Waals surface area contributed by atoms with Crippen molar-refractivity contribution >= 4 is 52.3 Å². The van der Waals surface area contributed by atoms with Gasteiger partial charge in [0.15, 0.2) is 10.9 Å². The van der Waals surface area contributed by atoms with Gasteiger partial charge in [-0.1, -0.05) is 180 Å². The predicted molar refractivity (Wildman–Crippen MR) is 425 cm³/mol. The van der Waals surface area contributed by atoms with E-state index in [2.05, 4.69) is 85.6 Å². The molecule has 0 unspecified atom stereocenters. The monoisotopic (exact) mass is 1820 g/mol. The number of H-pyrrole nitrogens is 1. The first kappa shape index (κ1) is 94.5. The fraction of sp³-hybridized carbons (Fsp3) is 0.233. The maximum Gasteiger partial charge on any atom is 0.573 e. The lowest BCUT2D eigenvalue weighted by molar-refractivity contribution is -0.275. The van der Waals surface area contributed by atoms with Crippen LogP contribution in [0.5, 0.6) is 34.5 Å². The molecule has 1 aliphatic rings. The number of nitrogens with zero attached hydrogens (tertiary/aromatic N) is 4. The number of aromatic amines is 1. The number of carbonyl (C=O) groups is 4. The number of benzene rings is 9. The van der Waals surface area contributed by atoms with Gasteiger partial charge in [0.05, 0.1) is 28.9 Å². The first-order valence-corrected chi connectivity index (χ1v) is 38.7. The number of thiazole rings is 1. The number of aromatic nitrogens is 5. The molecule has 3 heterocycles. The van der Waals surface area contributed by atoms with Crippen molar-refractivity contribution in [3.05, 3.63) is 314 Å². The van der Waals surface area contributed by atoms with Gasteiger partial charge < -0.3 is 53.6 Å². The molecule has 12 aromatic rings. The van der Waals surface area contributed by atoms with Crippen LogP contribution >= 0.6 is 11.3 Å². The number of ether oxygens (including phenoxy) is 7. The van der Waals surface area contributed by atoms with Crippen molar-refractivity contribution in [3.63, 3.8) is 0 Å². The number of amides is 6. The molecule has 0 spiro atoms. The fourth-order valence-electron chi connectivity index (χ4n) is 13.4. The maximum atomic E-state index is 13.6. The molecule has 1 fully saturated rings. The largest absolute Gasteiger partial charge is 0.573 e. The number of anilines is 3. The van der Waals surface area contributed by atoms with E-state index >= 15 is 0 Å². The average molecular weight is 1820 g/mol. The van der Waals surface area contributed by atoms with Crippen LogP contribution in [0.15, 0.2) is 241 Å². The summed E-state index contributed by atoms with van der Waals surface area (Å²) in [7, 11) is 0. The van der Waals surface area contributed by atoms with Crippen molar-refractivity contribution in [1.29, 1.82) is 0 Å². The van der Waals surface area contributed by atoms with E-state index in [0.717, 1.165) is 97.0 Å². The van der Waals surface area contributed by atoms with Crippen LogP contribution in [-0.4, -0.2) is 94.2 Å². The van der Waals surface area contributed by atoms with Gasteiger partial charge in [-0.15, -0.1) is 84.1 Å². The number of rotatable bonds is 27. The lowest BCUT2D eigenvalue weighted by Crippen LogP contribution is -2.50. The maximum absolute atomic E-state index is 13.6. The molecule has 42 heteroatoms. The number of hydrogen-bond acceptors (Lipinski definition) is 17. The second-order valence-corrected chi connectivity index (χ2v) is 29.1. The number of hydrogen-bond donors (Lipinski definition) is 7. The summed E-state index contributed by atoms with van der Waals surface area (Å²) >= 11 is 0.827. The Hall–Kier alpha value is -14.2. The second-order valence-electron chi connectivity index (χ2n) is 28.1. The fourth-order valence-corrected chi connectivity index (χ4v) is 14.2. The summed E-state index contributed by atoms with van der Waals surface area (Å²) < 4.78 is 271. The van der Waals surface area contributed by atoms with E-state index in [4.69, 9.17) is 9.26 Å². The summed E-state index contributed by atoms with van der Waals surface area (Å²) in [5.41, 5.74) is -2.31. The molecule has 674 valence electrons. The van der Waals surface area contributed by atoms with Crippen LogP contribution in [0.4, 0.5) is 110 Å². The third kappa shape index (κ3) is 26.9. The molecule has 1 saturated carbocycles. The zero-order valence-corrected chi connectivity index (χ0v) is 67.6. The van der Waals surface area contributed by atoms with Gasteiger partial charge in [-0.2, -0.15) is 4.98 Å². The minimum absolute atomic E-state index is 0.00928. The molecule has 0 radical (unpaired) electrons. The van der Waals surface area contributed by atoms with E-state index in [1.807, 2.05) is 0 Å². The van der Waals surface area contributed by atoms with Crippen LogP contribution in [0, 0.1) is 20.8 Å². The number of halogens is 18. The Morgan fingerprint density at radius 1 is 0.406 bits per heavy atom. The Bertz CT molecular complexity index is 5620. The van der Waals surface area contributed by atoms with E-state index in [-0.39, 0.29) is 92.6 Å². The molecular formula is C86H71F18N11O12S. The summed E-state index contributed by atoms with van der Waals surface area (Å²) in [6.07, 6.45) is -28.7. The molecule has 0 atom stereocenters. The minimum atomic E-state index is -5.05. The van der Waals surface area contributed by atoms with E-state index < -0.39 is 113 Å². The van der Waals surface area contributed by atoms with Gasteiger partial charge in [0.25, 0.3) is 0 Å². The minimum Gasteiger partial charge on any atom is -0.462 e. The van der Waals surface area contributed by atoms with Crippen LogP contribution in [0.1, 0.15) is 108 Å². The number of urea groups is 3. The van der Waals surface area contributed by atoms with Crippen molar-refractivity contribution in [2.24, 2.45) is 0 Å². The highest BCUT2D eigenvalue weighted by Gasteiger charge is 2.45. The zero-order chi connectivity index (χ0) is 92.6. The SMILES string of the molecule is CCOC(=O)c1sc(NC(=O)NC(Cc2ccccc2)(c2cccc(OC(F)(F)F)c2)c2cccc(OC(F)(F)F)c2)nc1C.Cc1onc(NC(=O)NC(Cc2ccccc2)(c2cccc(OC(F)(F)F)c2)c2cccc(OC(F)(F)F)c2)c1C.O=C(Nc1n[nH]c(C2CC2)n1)NC(Cc1ccccc1)(c1cccc(OC(F)(F)F)c1)c1cccc(OC(F)(F)F)c1. The van der Waals surface area contributed by atoms with Gasteiger partial charge in [0.1, 0.15) is 51.0 Å². The number of alkyl halides is 18. The molecule has 128 heavy (non-hydrogen) atoms. The van der Waals surface area contributed by atoms with Gasteiger partial charge in [-0.05, 0) is 163 Å². The Balaban J connectivity index is 0.000000186. The van der Waals surface area contributed by atoms with Gasteiger partial charge in [-0.25, -0.2) is 24.2 Å². The smallest absolute Gasteiger partial charge is 0.462 e.